The Kier molecular flexibility index (Phi) is 6.99. The Morgan fingerprint density at radius 3 is 2.44 bits per heavy atom. The lowest BCUT2D eigenvalue weighted by Gasteiger charge is -2.34. The molecule has 10 heteroatoms. The molecule has 1 aliphatic heterocycles. The first-order chi connectivity index (χ1) is 15.4. The summed E-state index contributed by atoms with van der Waals surface area (Å²) in [7, 11) is -3.53. The van der Waals surface area contributed by atoms with Crippen LogP contribution in [0.3, 0.4) is 0 Å². The Morgan fingerprint density at radius 2 is 1.78 bits per heavy atom. The van der Waals surface area contributed by atoms with Crippen LogP contribution in [-0.2, 0) is 10.0 Å². The number of rotatable bonds is 6. The third-order valence-electron chi connectivity index (χ3n) is 6.82. The predicted octanol–water partition coefficient (Wildman–Crippen LogP) is 3.14. The smallest absolute Gasteiger partial charge is 0.317 e. The number of benzene rings is 1. The van der Waals surface area contributed by atoms with E-state index in [1.54, 1.807) is 18.2 Å². The number of likely N-dealkylation sites (tertiary alicyclic amines) is 1. The highest BCUT2D eigenvalue weighted by Crippen LogP contribution is 2.27. The van der Waals surface area contributed by atoms with Crippen LogP contribution in [0.2, 0.25) is 0 Å². The van der Waals surface area contributed by atoms with Crippen LogP contribution < -0.4 is 5.32 Å². The standard InChI is InChI=1S/C22H34N6O3S/c1-3-27(4-2)32(30,31)19-10-11-21-20(16-19)24-25-28(21)18-12-14-26(15-13-18)22(29)23-17-8-6-5-7-9-17/h10-11,16-18H,3-9,12-15H2,1-2H3,(H,23,29). The van der Waals surface area contributed by atoms with E-state index in [-0.39, 0.29) is 17.0 Å². The van der Waals surface area contributed by atoms with Crippen molar-refractivity contribution in [2.24, 2.45) is 0 Å². The van der Waals surface area contributed by atoms with Gasteiger partial charge in [0.2, 0.25) is 10.0 Å². The van der Waals surface area contributed by atoms with Crippen LogP contribution in [0.4, 0.5) is 4.79 Å². The Morgan fingerprint density at radius 1 is 1.09 bits per heavy atom. The first kappa shape index (κ1) is 23.0. The molecule has 4 rings (SSSR count). The molecule has 0 unspecified atom stereocenters. The van der Waals surface area contributed by atoms with Crippen LogP contribution in [0.1, 0.15) is 64.8 Å². The highest BCUT2D eigenvalue weighted by molar-refractivity contribution is 7.89. The van der Waals surface area contributed by atoms with Crippen molar-refractivity contribution in [2.75, 3.05) is 26.2 Å². The maximum Gasteiger partial charge on any atom is 0.317 e. The average molecular weight is 463 g/mol. The largest absolute Gasteiger partial charge is 0.335 e. The molecule has 176 valence electrons. The van der Waals surface area contributed by atoms with Crippen molar-refractivity contribution in [1.82, 2.24) is 29.5 Å². The highest BCUT2D eigenvalue weighted by Gasteiger charge is 2.28. The molecule has 0 atom stereocenters. The van der Waals surface area contributed by atoms with Gasteiger partial charge in [-0.25, -0.2) is 17.9 Å². The quantitative estimate of drug-likeness (QED) is 0.711. The zero-order chi connectivity index (χ0) is 22.7. The molecule has 2 fully saturated rings. The summed E-state index contributed by atoms with van der Waals surface area (Å²) >= 11 is 0. The van der Waals surface area contributed by atoms with E-state index >= 15 is 0 Å². The number of nitrogens with zero attached hydrogens (tertiary/aromatic N) is 5. The third kappa shape index (κ3) is 4.61. The second-order valence-electron chi connectivity index (χ2n) is 8.78. The fourth-order valence-electron chi connectivity index (χ4n) is 4.89. The highest BCUT2D eigenvalue weighted by atomic mass is 32.2. The summed E-state index contributed by atoms with van der Waals surface area (Å²) in [5.41, 5.74) is 1.41. The Labute approximate surface area is 190 Å². The van der Waals surface area contributed by atoms with Gasteiger partial charge in [-0.2, -0.15) is 4.31 Å². The van der Waals surface area contributed by atoms with Crippen LogP contribution in [0, 0.1) is 0 Å². The lowest BCUT2D eigenvalue weighted by Crippen LogP contribution is -2.48. The number of amides is 2. The number of hydrogen-bond acceptors (Lipinski definition) is 5. The fourth-order valence-corrected chi connectivity index (χ4v) is 6.37. The number of nitrogens with one attached hydrogen (secondary N) is 1. The van der Waals surface area contributed by atoms with Crippen molar-refractivity contribution >= 4 is 27.1 Å². The van der Waals surface area contributed by atoms with Crippen molar-refractivity contribution in [3.8, 4) is 0 Å². The molecule has 1 aliphatic carbocycles. The Bertz CT molecular complexity index is 1040. The fraction of sp³-hybridized carbons (Fsp3) is 0.682. The second-order valence-corrected chi connectivity index (χ2v) is 10.7. The van der Waals surface area contributed by atoms with E-state index in [4.69, 9.17) is 0 Å². The number of carbonyl (C=O) groups excluding carboxylic acids is 1. The van der Waals surface area contributed by atoms with Crippen molar-refractivity contribution < 1.29 is 13.2 Å². The molecular weight excluding hydrogens is 428 g/mol. The number of hydrogen-bond donors (Lipinski definition) is 1. The van der Waals surface area contributed by atoms with Gasteiger partial charge in [-0.3, -0.25) is 0 Å². The molecule has 2 amide bonds. The molecule has 2 heterocycles. The predicted molar refractivity (Wildman–Crippen MR) is 123 cm³/mol. The first-order valence-electron chi connectivity index (χ1n) is 11.8. The van der Waals surface area contributed by atoms with E-state index < -0.39 is 10.0 Å². The van der Waals surface area contributed by atoms with Crippen LogP contribution in [-0.4, -0.2) is 70.9 Å². The van der Waals surface area contributed by atoms with E-state index in [9.17, 15) is 13.2 Å². The van der Waals surface area contributed by atoms with Gasteiger partial charge in [0.05, 0.1) is 16.5 Å². The summed E-state index contributed by atoms with van der Waals surface area (Å²) in [5, 5.41) is 11.8. The van der Waals surface area contributed by atoms with Gasteiger partial charge >= 0.3 is 6.03 Å². The van der Waals surface area contributed by atoms with E-state index in [1.807, 2.05) is 23.4 Å². The third-order valence-corrected chi connectivity index (χ3v) is 8.86. The van der Waals surface area contributed by atoms with Gasteiger partial charge in [0.25, 0.3) is 0 Å². The number of sulfonamides is 1. The van der Waals surface area contributed by atoms with Gasteiger partial charge in [-0.15, -0.1) is 5.10 Å². The zero-order valence-electron chi connectivity index (χ0n) is 19.0. The van der Waals surface area contributed by atoms with E-state index in [1.165, 1.54) is 23.6 Å². The summed E-state index contributed by atoms with van der Waals surface area (Å²) in [4.78, 5) is 14.8. The van der Waals surface area contributed by atoms with Crippen molar-refractivity contribution in [2.45, 2.75) is 75.8 Å². The molecule has 1 N–H and O–H groups in total. The van der Waals surface area contributed by atoms with Gasteiger partial charge in [0, 0.05) is 32.2 Å². The monoisotopic (exact) mass is 462 g/mol. The molecule has 0 spiro atoms. The molecule has 2 aromatic rings. The van der Waals surface area contributed by atoms with E-state index in [0.29, 0.717) is 37.7 Å². The molecule has 0 bridgehead atoms. The summed E-state index contributed by atoms with van der Waals surface area (Å²) in [6.45, 7) is 5.88. The van der Waals surface area contributed by atoms with Crippen LogP contribution in [0.25, 0.3) is 11.0 Å². The minimum absolute atomic E-state index is 0.0463. The van der Waals surface area contributed by atoms with Crippen molar-refractivity contribution in [3.63, 3.8) is 0 Å². The summed E-state index contributed by atoms with van der Waals surface area (Å²) in [5.74, 6) is 0. The maximum absolute atomic E-state index is 12.8. The number of urea groups is 1. The van der Waals surface area contributed by atoms with Gasteiger partial charge < -0.3 is 10.2 Å². The van der Waals surface area contributed by atoms with Gasteiger partial charge in [0.15, 0.2) is 0 Å². The normalized spacial score (nSPS) is 19.0. The molecule has 1 saturated heterocycles. The molecule has 9 nitrogen and oxygen atoms in total. The van der Waals surface area contributed by atoms with Gasteiger partial charge in [-0.05, 0) is 43.9 Å². The molecule has 1 aromatic heterocycles. The topological polar surface area (TPSA) is 100 Å². The van der Waals surface area contributed by atoms with Crippen molar-refractivity contribution in [3.05, 3.63) is 18.2 Å². The number of aromatic nitrogens is 3. The minimum Gasteiger partial charge on any atom is -0.335 e. The Balaban J connectivity index is 1.42. The summed E-state index contributed by atoms with van der Waals surface area (Å²) in [6, 6.07) is 5.56. The SMILES string of the molecule is CCN(CC)S(=O)(=O)c1ccc2c(c1)nnn2C1CCN(C(=O)NC2CCCCC2)CC1. The molecule has 1 saturated carbocycles. The minimum atomic E-state index is -3.53. The number of carbonyl (C=O) groups is 1. The Hall–Kier alpha value is -2.20. The average Bonchev–Trinajstić information content (AvgIpc) is 3.24. The number of fused-ring (bicyclic) bond motifs is 1. The molecule has 1 aromatic carbocycles. The van der Waals surface area contributed by atoms with Crippen LogP contribution in [0.5, 0.6) is 0 Å². The molecular formula is C22H34N6O3S. The molecule has 0 radical (unpaired) electrons. The second kappa shape index (κ2) is 9.74. The lowest BCUT2D eigenvalue weighted by atomic mass is 9.95. The van der Waals surface area contributed by atoms with E-state index in [0.717, 1.165) is 31.2 Å². The van der Waals surface area contributed by atoms with Gasteiger partial charge in [-0.1, -0.05) is 38.3 Å². The summed E-state index contributed by atoms with van der Waals surface area (Å²) in [6.07, 6.45) is 7.44. The molecule has 32 heavy (non-hydrogen) atoms. The number of piperidine rings is 1. The first-order valence-corrected chi connectivity index (χ1v) is 13.3. The van der Waals surface area contributed by atoms with Crippen LogP contribution >= 0.6 is 0 Å². The lowest BCUT2D eigenvalue weighted by molar-refractivity contribution is 0.163. The van der Waals surface area contributed by atoms with Crippen molar-refractivity contribution in [1.29, 1.82) is 0 Å². The maximum atomic E-state index is 12.8. The van der Waals surface area contributed by atoms with Crippen LogP contribution in [0.15, 0.2) is 23.1 Å². The molecule has 2 aliphatic rings. The van der Waals surface area contributed by atoms with Gasteiger partial charge in [0.1, 0.15) is 5.52 Å². The van der Waals surface area contributed by atoms with E-state index in [2.05, 4.69) is 15.6 Å². The zero-order valence-corrected chi connectivity index (χ0v) is 19.9. The summed E-state index contributed by atoms with van der Waals surface area (Å²) < 4.78 is 29.0.